The van der Waals surface area contributed by atoms with Crippen molar-refractivity contribution in [3.63, 3.8) is 0 Å². The lowest BCUT2D eigenvalue weighted by molar-refractivity contribution is -0.113. The Hall–Kier alpha value is -2.33. The van der Waals surface area contributed by atoms with Crippen LogP contribution in [0.5, 0.6) is 5.75 Å². The highest BCUT2D eigenvalue weighted by atomic mass is 35.5. The van der Waals surface area contributed by atoms with Crippen LogP contribution in [-0.2, 0) is 16.1 Å². The second kappa shape index (κ2) is 11.5. The van der Waals surface area contributed by atoms with Gasteiger partial charge in [-0.1, -0.05) is 47.1 Å². The normalized spacial score (nSPS) is 11.9. The highest BCUT2D eigenvalue weighted by Gasteiger charge is 2.20. The number of nitrogens with zero attached hydrogens (tertiary/aromatic N) is 3. The third-order valence-electron chi connectivity index (χ3n) is 4.31. The van der Waals surface area contributed by atoms with Crippen molar-refractivity contribution in [1.82, 2.24) is 14.8 Å². The Kier molecular flexibility index (Phi) is 8.75. The van der Waals surface area contributed by atoms with Gasteiger partial charge in [-0.25, -0.2) is 4.39 Å². The zero-order chi connectivity index (χ0) is 23.1. The number of carbonyl (C=O) groups is 1. The molecule has 1 amide bonds. The summed E-state index contributed by atoms with van der Waals surface area (Å²) in [5.74, 6) is -0.0467. The molecule has 11 heteroatoms. The van der Waals surface area contributed by atoms with Gasteiger partial charge in [0.15, 0.2) is 22.5 Å². The van der Waals surface area contributed by atoms with Gasteiger partial charge in [0, 0.05) is 12.1 Å². The van der Waals surface area contributed by atoms with E-state index in [9.17, 15) is 9.18 Å². The van der Waals surface area contributed by atoms with Crippen LogP contribution in [0.25, 0.3) is 0 Å². The molecule has 0 aliphatic heterocycles. The Morgan fingerprint density at radius 1 is 1.25 bits per heavy atom. The van der Waals surface area contributed by atoms with Crippen molar-refractivity contribution in [3.8, 4) is 5.75 Å². The van der Waals surface area contributed by atoms with Gasteiger partial charge in [0.25, 0.3) is 0 Å². The number of hydrogen-bond acceptors (Lipinski definition) is 6. The zero-order valence-corrected chi connectivity index (χ0v) is 19.7. The van der Waals surface area contributed by atoms with Crippen molar-refractivity contribution in [2.45, 2.75) is 24.7 Å². The number of methoxy groups -OCH3 is 1. The molecule has 1 N–H and O–H groups in total. The Morgan fingerprint density at radius 2 is 2.03 bits per heavy atom. The second-order valence-electron chi connectivity index (χ2n) is 6.75. The van der Waals surface area contributed by atoms with Crippen LogP contribution in [0.2, 0.25) is 10.0 Å². The van der Waals surface area contributed by atoms with Gasteiger partial charge in [0.1, 0.15) is 6.61 Å². The number of carbonyl (C=O) groups excluding carboxylic acids is 1. The molecule has 0 unspecified atom stereocenters. The summed E-state index contributed by atoms with van der Waals surface area (Å²) >= 11 is 13.2. The minimum Gasteiger partial charge on any atom is -0.483 e. The topological polar surface area (TPSA) is 78.3 Å². The number of hydrogen-bond donors (Lipinski definition) is 1. The lowest BCUT2D eigenvalue weighted by Crippen LogP contribution is -2.18. The summed E-state index contributed by atoms with van der Waals surface area (Å²) in [4.78, 5) is 12.4. The molecule has 32 heavy (non-hydrogen) atoms. The number of aromatic nitrogens is 3. The summed E-state index contributed by atoms with van der Waals surface area (Å²) in [5, 5.41) is 12.4. The molecule has 2 aromatic carbocycles. The maximum absolute atomic E-state index is 13.9. The van der Waals surface area contributed by atoms with E-state index in [1.807, 2.05) is 11.5 Å². The van der Waals surface area contributed by atoms with Crippen LogP contribution in [-0.4, -0.2) is 40.1 Å². The maximum Gasteiger partial charge on any atom is 0.234 e. The van der Waals surface area contributed by atoms with Gasteiger partial charge >= 0.3 is 0 Å². The van der Waals surface area contributed by atoms with Crippen LogP contribution in [0.3, 0.4) is 0 Å². The molecule has 3 rings (SSSR count). The van der Waals surface area contributed by atoms with E-state index in [0.717, 1.165) is 0 Å². The van der Waals surface area contributed by atoms with Crippen molar-refractivity contribution in [2.75, 3.05) is 24.8 Å². The molecule has 1 heterocycles. The molecule has 0 radical (unpaired) electrons. The third-order valence-corrected chi connectivity index (χ3v) is 5.81. The summed E-state index contributed by atoms with van der Waals surface area (Å²) in [7, 11) is 1.59. The SMILES string of the molecule is COC[C@H](C)n1c(COc2ccccc2F)nnc1SCC(=O)Nc1ccc(Cl)cc1Cl. The van der Waals surface area contributed by atoms with Gasteiger partial charge in [0.2, 0.25) is 5.91 Å². The first-order valence-electron chi connectivity index (χ1n) is 9.56. The Morgan fingerprint density at radius 3 is 2.75 bits per heavy atom. The van der Waals surface area contributed by atoms with Gasteiger partial charge in [-0.2, -0.15) is 0 Å². The van der Waals surface area contributed by atoms with Crippen molar-refractivity contribution in [1.29, 1.82) is 0 Å². The van der Waals surface area contributed by atoms with E-state index in [1.165, 1.54) is 23.9 Å². The largest absolute Gasteiger partial charge is 0.483 e. The molecule has 1 aromatic heterocycles. The summed E-state index contributed by atoms with van der Waals surface area (Å²) in [5.41, 5.74) is 0.467. The summed E-state index contributed by atoms with van der Waals surface area (Å²) in [6, 6.07) is 10.8. The van der Waals surface area contributed by atoms with Gasteiger partial charge in [-0.05, 0) is 37.3 Å². The van der Waals surface area contributed by atoms with E-state index < -0.39 is 5.82 Å². The maximum atomic E-state index is 13.9. The van der Waals surface area contributed by atoms with Crippen LogP contribution in [0.4, 0.5) is 10.1 Å². The Bertz CT molecular complexity index is 1080. The fraction of sp³-hybridized carbons (Fsp3) is 0.286. The number of thioether (sulfide) groups is 1. The van der Waals surface area contributed by atoms with Gasteiger partial charge in [-0.15, -0.1) is 10.2 Å². The minimum atomic E-state index is -0.462. The number of anilines is 1. The third kappa shape index (κ3) is 6.35. The average Bonchev–Trinajstić information content (AvgIpc) is 3.17. The molecule has 0 saturated heterocycles. The molecule has 0 aliphatic rings. The van der Waals surface area contributed by atoms with Crippen LogP contribution in [0.15, 0.2) is 47.6 Å². The average molecular weight is 499 g/mol. The number of amides is 1. The first kappa shape index (κ1) is 24.3. The van der Waals surface area contributed by atoms with Crippen LogP contribution in [0, 0.1) is 5.82 Å². The Balaban J connectivity index is 1.69. The molecule has 0 spiro atoms. The van der Waals surface area contributed by atoms with E-state index in [1.54, 1.807) is 37.4 Å². The van der Waals surface area contributed by atoms with Crippen molar-refractivity contribution in [2.24, 2.45) is 0 Å². The number of rotatable bonds is 10. The minimum absolute atomic E-state index is 0.00905. The fourth-order valence-corrected chi connectivity index (χ4v) is 4.19. The summed E-state index contributed by atoms with van der Waals surface area (Å²) in [6.45, 7) is 2.33. The van der Waals surface area contributed by atoms with Gasteiger partial charge in [-0.3, -0.25) is 9.36 Å². The molecule has 0 fully saturated rings. The molecule has 3 aromatic rings. The predicted molar refractivity (Wildman–Crippen MR) is 123 cm³/mol. The van der Waals surface area contributed by atoms with Crippen molar-refractivity contribution < 1.29 is 18.7 Å². The van der Waals surface area contributed by atoms with E-state index in [2.05, 4.69) is 15.5 Å². The first-order chi connectivity index (χ1) is 15.4. The Labute approximate surface area is 199 Å². The smallest absolute Gasteiger partial charge is 0.234 e. The zero-order valence-electron chi connectivity index (χ0n) is 17.3. The number of benzene rings is 2. The first-order valence-corrected chi connectivity index (χ1v) is 11.3. The van der Waals surface area contributed by atoms with Crippen LogP contribution >= 0.6 is 35.0 Å². The molecule has 0 bridgehead atoms. The number of nitrogens with one attached hydrogen (secondary N) is 1. The van der Waals surface area contributed by atoms with E-state index >= 15 is 0 Å². The molecular weight excluding hydrogens is 478 g/mol. The lowest BCUT2D eigenvalue weighted by atomic mass is 10.3. The van der Waals surface area contributed by atoms with Crippen LogP contribution < -0.4 is 10.1 Å². The highest BCUT2D eigenvalue weighted by Crippen LogP contribution is 2.27. The molecule has 7 nitrogen and oxygen atoms in total. The van der Waals surface area contributed by atoms with Crippen LogP contribution in [0.1, 0.15) is 18.8 Å². The number of halogens is 3. The number of ether oxygens (including phenoxy) is 2. The molecule has 0 saturated carbocycles. The van der Waals surface area contributed by atoms with Crippen molar-refractivity contribution in [3.05, 3.63) is 64.2 Å². The quantitative estimate of drug-likeness (QED) is 0.385. The standard InChI is InChI=1S/C21H21Cl2FN4O3S/c1-13(10-30-2)28-19(11-31-18-6-4-3-5-16(18)24)26-27-21(28)32-12-20(29)25-17-8-7-14(22)9-15(17)23/h3-9,13H,10-12H2,1-2H3,(H,25,29)/t13-/m0/s1. The summed E-state index contributed by atoms with van der Waals surface area (Å²) < 4.78 is 26.5. The van der Waals surface area contributed by atoms with E-state index in [4.69, 9.17) is 32.7 Å². The van der Waals surface area contributed by atoms with Gasteiger partial charge in [0.05, 0.1) is 29.1 Å². The molecule has 170 valence electrons. The van der Waals surface area contributed by atoms with E-state index in [0.29, 0.717) is 33.3 Å². The lowest BCUT2D eigenvalue weighted by Gasteiger charge is -2.17. The fourth-order valence-electron chi connectivity index (χ4n) is 2.87. The van der Waals surface area contributed by atoms with Crippen molar-refractivity contribution >= 4 is 46.6 Å². The molecule has 0 aliphatic carbocycles. The second-order valence-corrected chi connectivity index (χ2v) is 8.54. The van der Waals surface area contributed by atoms with E-state index in [-0.39, 0.29) is 30.1 Å². The summed E-state index contributed by atoms with van der Waals surface area (Å²) in [6.07, 6.45) is 0. The van der Waals surface area contributed by atoms with Gasteiger partial charge < -0.3 is 14.8 Å². The monoisotopic (exact) mass is 498 g/mol. The highest BCUT2D eigenvalue weighted by molar-refractivity contribution is 7.99. The molecular formula is C21H21Cl2FN4O3S. The number of para-hydroxylation sites is 1. The predicted octanol–water partition coefficient (Wildman–Crippen LogP) is 5.24. The molecule has 1 atom stereocenters.